The van der Waals surface area contributed by atoms with Crippen LogP contribution in [0.15, 0.2) is 66.9 Å². The van der Waals surface area contributed by atoms with Crippen LogP contribution in [0.1, 0.15) is 27.2 Å². The number of nitrogens with one attached hydrogen (secondary N) is 1. The van der Waals surface area contributed by atoms with Crippen LogP contribution in [0.5, 0.6) is 0 Å². The number of amides is 2. The standard InChI is InChI=1S/C22H17ClF3N3O3/c23-17-6-1-15(2-7-17)13-29(21(31)32)18-8-3-14(4-9-18)11-28-20(30)16-5-10-19(27-12-16)22(24,25)26/h1-10,12H,11,13H2,(H,28,30)(H,31,32). The Hall–Kier alpha value is -3.59. The first-order valence-electron chi connectivity index (χ1n) is 9.29. The Labute approximate surface area is 186 Å². The van der Waals surface area contributed by atoms with Gasteiger partial charge in [0.15, 0.2) is 0 Å². The van der Waals surface area contributed by atoms with Crippen LogP contribution in [0.25, 0.3) is 0 Å². The zero-order valence-electron chi connectivity index (χ0n) is 16.4. The van der Waals surface area contributed by atoms with E-state index in [9.17, 15) is 27.9 Å². The van der Waals surface area contributed by atoms with Gasteiger partial charge in [0.1, 0.15) is 5.69 Å². The first kappa shape index (κ1) is 23.1. The largest absolute Gasteiger partial charge is 0.465 e. The van der Waals surface area contributed by atoms with E-state index in [1.165, 1.54) is 4.90 Å². The lowest BCUT2D eigenvalue weighted by Crippen LogP contribution is -2.28. The predicted octanol–water partition coefficient (Wildman–Crippen LogP) is 5.37. The summed E-state index contributed by atoms with van der Waals surface area (Å²) in [6, 6.07) is 15.1. The average molecular weight is 464 g/mol. The lowest BCUT2D eigenvalue weighted by Gasteiger charge is -2.20. The molecule has 3 rings (SSSR count). The van der Waals surface area contributed by atoms with Crippen molar-refractivity contribution in [1.29, 1.82) is 0 Å². The molecule has 10 heteroatoms. The van der Waals surface area contributed by atoms with Crippen LogP contribution in [0.3, 0.4) is 0 Å². The number of benzene rings is 2. The van der Waals surface area contributed by atoms with Crippen LogP contribution >= 0.6 is 11.6 Å². The van der Waals surface area contributed by atoms with E-state index in [1.54, 1.807) is 48.5 Å². The maximum absolute atomic E-state index is 12.6. The number of aromatic nitrogens is 1. The number of anilines is 1. The molecule has 1 aromatic heterocycles. The summed E-state index contributed by atoms with van der Waals surface area (Å²) in [5, 5.41) is 12.7. The minimum Gasteiger partial charge on any atom is -0.465 e. The molecule has 0 atom stereocenters. The van der Waals surface area contributed by atoms with E-state index in [-0.39, 0.29) is 18.7 Å². The molecule has 2 aromatic carbocycles. The van der Waals surface area contributed by atoms with E-state index >= 15 is 0 Å². The van der Waals surface area contributed by atoms with E-state index in [4.69, 9.17) is 11.6 Å². The molecule has 2 amide bonds. The van der Waals surface area contributed by atoms with Gasteiger partial charge in [-0.2, -0.15) is 13.2 Å². The molecule has 0 saturated carbocycles. The summed E-state index contributed by atoms with van der Waals surface area (Å²) in [4.78, 5) is 28.2. The number of alkyl halides is 3. The molecule has 3 aromatic rings. The van der Waals surface area contributed by atoms with Gasteiger partial charge in [-0.1, -0.05) is 35.9 Å². The zero-order valence-corrected chi connectivity index (χ0v) is 17.2. The van der Waals surface area contributed by atoms with Crippen LogP contribution in [0, 0.1) is 0 Å². The Bertz CT molecular complexity index is 1090. The Balaban J connectivity index is 1.62. The molecular formula is C22H17ClF3N3O3. The number of rotatable bonds is 6. The molecule has 0 saturated heterocycles. The first-order valence-corrected chi connectivity index (χ1v) is 9.66. The molecular weight excluding hydrogens is 447 g/mol. The smallest absolute Gasteiger partial charge is 0.433 e. The summed E-state index contributed by atoms with van der Waals surface area (Å²) in [7, 11) is 0. The van der Waals surface area contributed by atoms with Gasteiger partial charge < -0.3 is 10.4 Å². The van der Waals surface area contributed by atoms with Crippen LogP contribution in [0.4, 0.5) is 23.7 Å². The normalized spacial score (nSPS) is 11.1. The summed E-state index contributed by atoms with van der Waals surface area (Å²) in [5.74, 6) is -0.579. The topological polar surface area (TPSA) is 82.5 Å². The molecule has 0 radical (unpaired) electrons. The third-order valence-corrected chi connectivity index (χ3v) is 4.75. The molecule has 0 fully saturated rings. The monoisotopic (exact) mass is 463 g/mol. The van der Waals surface area contributed by atoms with Crippen molar-refractivity contribution >= 4 is 29.3 Å². The van der Waals surface area contributed by atoms with Gasteiger partial charge in [-0.15, -0.1) is 0 Å². The molecule has 2 N–H and O–H groups in total. The predicted molar refractivity (Wildman–Crippen MR) is 113 cm³/mol. The SMILES string of the molecule is O=C(NCc1ccc(N(Cc2ccc(Cl)cc2)C(=O)O)cc1)c1ccc(C(F)(F)F)nc1. The molecule has 6 nitrogen and oxygen atoms in total. The van der Waals surface area contributed by atoms with Gasteiger partial charge in [-0.3, -0.25) is 14.7 Å². The highest BCUT2D eigenvalue weighted by molar-refractivity contribution is 6.30. The van der Waals surface area contributed by atoms with Crippen molar-refractivity contribution in [2.45, 2.75) is 19.3 Å². The molecule has 0 aliphatic carbocycles. The summed E-state index contributed by atoms with van der Waals surface area (Å²) < 4.78 is 37.7. The number of carboxylic acid groups (broad SMARTS) is 1. The molecule has 0 unspecified atom stereocenters. The van der Waals surface area contributed by atoms with Gasteiger partial charge in [0.25, 0.3) is 5.91 Å². The molecule has 166 valence electrons. The fourth-order valence-corrected chi connectivity index (χ4v) is 2.94. The maximum atomic E-state index is 12.6. The highest BCUT2D eigenvalue weighted by Crippen LogP contribution is 2.27. The number of nitrogens with zero attached hydrogens (tertiary/aromatic N) is 2. The van der Waals surface area contributed by atoms with Crippen molar-refractivity contribution < 1.29 is 27.9 Å². The van der Waals surface area contributed by atoms with Crippen LogP contribution in [-0.2, 0) is 19.3 Å². The molecule has 0 aliphatic rings. The van der Waals surface area contributed by atoms with Crippen LogP contribution < -0.4 is 10.2 Å². The summed E-state index contributed by atoms with van der Waals surface area (Å²) in [6.45, 7) is 0.230. The average Bonchev–Trinajstić information content (AvgIpc) is 2.77. The number of hydrogen-bond acceptors (Lipinski definition) is 3. The number of carbonyl (C=O) groups excluding carboxylic acids is 1. The van der Waals surface area contributed by atoms with E-state index in [0.29, 0.717) is 16.3 Å². The second-order valence-electron chi connectivity index (χ2n) is 6.77. The summed E-state index contributed by atoms with van der Waals surface area (Å²) in [5.41, 5.74) is 0.799. The summed E-state index contributed by atoms with van der Waals surface area (Å²) in [6.07, 6.45) is -4.84. The van der Waals surface area contributed by atoms with Gasteiger partial charge in [-0.25, -0.2) is 4.79 Å². The summed E-state index contributed by atoms with van der Waals surface area (Å²) >= 11 is 5.85. The molecule has 0 bridgehead atoms. The third kappa shape index (κ3) is 5.98. The lowest BCUT2D eigenvalue weighted by molar-refractivity contribution is -0.141. The number of carbonyl (C=O) groups is 2. The van der Waals surface area contributed by atoms with Gasteiger partial charge in [0.05, 0.1) is 12.1 Å². The molecule has 32 heavy (non-hydrogen) atoms. The Kier molecular flexibility index (Phi) is 6.99. The quantitative estimate of drug-likeness (QED) is 0.515. The zero-order chi connectivity index (χ0) is 23.3. The first-order chi connectivity index (χ1) is 15.1. The Morgan fingerprint density at radius 2 is 1.59 bits per heavy atom. The lowest BCUT2D eigenvalue weighted by atomic mass is 10.1. The van der Waals surface area contributed by atoms with E-state index < -0.39 is 23.9 Å². The Morgan fingerprint density at radius 1 is 0.969 bits per heavy atom. The van der Waals surface area contributed by atoms with Crippen molar-refractivity contribution in [2.24, 2.45) is 0 Å². The van der Waals surface area contributed by atoms with Gasteiger partial charge in [0, 0.05) is 23.5 Å². The molecule has 0 spiro atoms. The van der Waals surface area contributed by atoms with Crippen molar-refractivity contribution in [1.82, 2.24) is 10.3 Å². The molecule has 0 aliphatic heterocycles. The highest BCUT2D eigenvalue weighted by Gasteiger charge is 2.32. The fourth-order valence-electron chi connectivity index (χ4n) is 2.82. The number of hydrogen-bond donors (Lipinski definition) is 2. The van der Waals surface area contributed by atoms with E-state index in [0.717, 1.165) is 23.9 Å². The second-order valence-corrected chi connectivity index (χ2v) is 7.21. The number of pyridine rings is 1. The van der Waals surface area contributed by atoms with Crippen LogP contribution in [0.2, 0.25) is 5.02 Å². The van der Waals surface area contributed by atoms with Crippen LogP contribution in [-0.4, -0.2) is 22.1 Å². The van der Waals surface area contributed by atoms with Crippen molar-refractivity contribution in [2.75, 3.05) is 4.90 Å². The molecule has 1 heterocycles. The van der Waals surface area contributed by atoms with E-state index in [1.807, 2.05) is 0 Å². The minimum absolute atomic E-state index is 0.00497. The Morgan fingerprint density at radius 3 is 2.12 bits per heavy atom. The van der Waals surface area contributed by atoms with Crippen molar-refractivity contribution in [3.05, 3.63) is 94.3 Å². The minimum atomic E-state index is -4.58. The van der Waals surface area contributed by atoms with E-state index in [2.05, 4.69) is 10.3 Å². The maximum Gasteiger partial charge on any atom is 0.433 e. The van der Waals surface area contributed by atoms with Crippen molar-refractivity contribution in [3.8, 4) is 0 Å². The van der Waals surface area contributed by atoms with Gasteiger partial charge in [0.2, 0.25) is 0 Å². The van der Waals surface area contributed by atoms with Gasteiger partial charge >= 0.3 is 12.3 Å². The highest BCUT2D eigenvalue weighted by atomic mass is 35.5. The second kappa shape index (κ2) is 9.69. The van der Waals surface area contributed by atoms with Gasteiger partial charge in [-0.05, 0) is 47.5 Å². The third-order valence-electron chi connectivity index (χ3n) is 4.50. The van der Waals surface area contributed by atoms with Crippen molar-refractivity contribution in [3.63, 3.8) is 0 Å². The number of halogens is 4. The fraction of sp³-hybridized carbons (Fsp3) is 0.136.